The molecule has 0 aliphatic rings. The molecule has 0 atom stereocenters. The number of aryl methyl sites for hydroxylation is 1. The van der Waals surface area contributed by atoms with Gasteiger partial charge in [0.1, 0.15) is 12.4 Å². The summed E-state index contributed by atoms with van der Waals surface area (Å²) in [5.41, 5.74) is 0.813. The maximum atomic E-state index is 12.9. The molecule has 2 aromatic heterocycles. The van der Waals surface area contributed by atoms with Crippen molar-refractivity contribution in [3.63, 3.8) is 0 Å². The number of carbonyl (C=O) groups excluding carboxylic acids is 2. The maximum Gasteiger partial charge on any atom is 0.390 e. The van der Waals surface area contributed by atoms with Crippen molar-refractivity contribution in [2.75, 3.05) is 13.1 Å². The molecule has 0 radical (unpaired) electrons. The SMILES string of the molecule is Cc1cc([N+](=O)[O-])nn1Cc1noc(C(=O)NCCNC(=O)c2ccc(F)cc2)n1. The van der Waals surface area contributed by atoms with E-state index in [9.17, 15) is 24.1 Å². The van der Waals surface area contributed by atoms with Gasteiger partial charge in [0.05, 0.1) is 16.9 Å². The van der Waals surface area contributed by atoms with Crippen molar-refractivity contribution in [3.8, 4) is 0 Å². The summed E-state index contributed by atoms with van der Waals surface area (Å²) in [5, 5.41) is 23.3. The predicted octanol–water partition coefficient (Wildman–Crippen LogP) is 0.830. The number of benzene rings is 1. The molecule has 1 aromatic carbocycles. The molecule has 2 N–H and O–H groups in total. The first-order valence-corrected chi connectivity index (χ1v) is 8.67. The second-order valence-corrected chi connectivity index (χ2v) is 6.09. The van der Waals surface area contributed by atoms with E-state index in [1.807, 2.05) is 0 Å². The van der Waals surface area contributed by atoms with Gasteiger partial charge in [-0.25, -0.2) is 4.39 Å². The summed E-state index contributed by atoms with van der Waals surface area (Å²) in [6.07, 6.45) is 0. The van der Waals surface area contributed by atoms with E-state index in [1.165, 1.54) is 35.0 Å². The highest BCUT2D eigenvalue weighted by Gasteiger charge is 2.19. The highest BCUT2D eigenvalue weighted by atomic mass is 19.1. The summed E-state index contributed by atoms with van der Waals surface area (Å²) in [6.45, 7) is 1.84. The van der Waals surface area contributed by atoms with E-state index in [0.717, 1.165) is 0 Å². The number of nitrogens with zero attached hydrogens (tertiary/aromatic N) is 5. The van der Waals surface area contributed by atoms with Crippen molar-refractivity contribution in [2.24, 2.45) is 0 Å². The van der Waals surface area contributed by atoms with E-state index in [0.29, 0.717) is 11.3 Å². The average molecular weight is 417 g/mol. The van der Waals surface area contributed by atoms with Gasteiger partial charge in [0.25, 0.3) is 5.91 Å². The minimum Gasteiger partial charge on any atom is -0.358 e. The lowest BCUT2D eigenvalue weighted by Gasteiger charge is -2.05. The Kier molecular flexibility index (Phi) is 6.10. The van der Waals surface area contributed by atoms with Gasteiger partial charge in [-0.3, -0.25) is 9.59 Å². The number of nitro groups is 1. The van der Waals surface area contributed by atoms with E-state index in [2.05, 4.69) is 25.9 Å². The monoisotopic (exact) mass is 417 g/mol. The van der Waals surface area contributed by atoms with Crippen LogP contribution < -0.4 is 10.6 Å². The van der Waals surface area contributed by atoms with Crippen molar-refractivity contribution < 1.29 is 23.4 Å². The van der Waals surface area contributed by atoms with Crippen LogP contribution in [0.2, 0.25) is 0 Å². The fourth-order valence-electron chi connectivity index (χ4n) is 2.42. The Morgan fingerprint density at radius 1 is 1.20 bits per heavy atom. The number of carbonyl (C=O) groups is 2. The minimum absolute atomic E-state index is 0.00974. The van der Waals surface area contributed by atoms with E-state index in [1.54, 1.807) is 6.92 Å². The topological polar surface area (TPSA) is 158 Å². The summed E-state index contributed by atoms with van der Waals surface area (Å²) in [4.78, 5) is 38.0. The highest BCUT2D eigenvalue weighted by molar-refractivity contribution is 5.94. The molecule has 0 saturated heterocycles. The van der Waals surface area contributed by atoms with Crippen molar-refractivity contribution in [1.29, 1.82) is 0 Å². The Labute approximate surface area is 168 Å². The van der Waals surface area contributed by atoms with Gasteiger partial charge in [-0.2, -0.15) is 9.67 Å². The molecular formula is C17H16FN7O5. The second kappa shape index (κ2) is 8.89. The lowest BCUT2D eigenvalue weighted by Crippen LogP contribution is -2.34. The number of rotatable bonds is 8. The van der Waals surface area contributed by atoms with Crippen LogP contribution in [0.25, 0.3) is 0 Å². The van der Waals surface area contributed by atoms with Gasteiger partial charge in [0.15, 0.2) is 5.82 Å². The molecule has 156 valence electrons. The summed E-state index contributed by atoms with van der Waals surface area (Å²) in [6, 6.07) is 6.34. The molecule has 0 saturated carbocycles. The van der Waals surface area contributed by atoms with E-state index in [4.69, 9.17) is 4.52 Å². The lowest BCUT2D eigenvalue weighted by atomic mass is 10.2. The van der Waals surface area contributed by atoms with Crippen LogP contribution in [-0.2, 0) is 6.54 Å². The zero-order valence-electron chi connectivity index (χ0n) is 15.7. The number of amides is 2. The first kappa shape index (κ1) is 20.6. The van der Waals surface area contributed by atoms with Gasteiger partial charge in [0.2, 0.25) is 0 Å². The zero-order valence-corrected chi connectivity index (χ0v) is 15.7. The molecule has 12 nitrogen and oxygen atoms in total. The third-order valence-electron chi connectivity index (χ3n) is 3.91. The van der Waals surface area contributed by atoms with Gasteiger partial charge >= 0.3 is 17.6 Å². The van der Waals surface area contributed by atoms with Crippen LogP contribution in [0.3, 0.4) is 0 Å². The van der Waals surface area contributed by atoms with Crippen LogP contribution in [0.5, 0.6) is 0 Å². The Hall–Kier alpha value is -4.16. The van der Waals surface area contributed by atoms with E-state index in [-0.39, 0.29) is 37.2 Å². The standard InChI is InChI=1S/C17H16FN7O5/c1-10-8-14(25(28)29)22-24(10)9-13-21-17(30-23-13)16(27)20-7-6-19-15(26)11-2-4-12(18)5-3-11/h2-5,8H,6-7,9H2,1H3,(H,19,26)(H,20,27). The molecule has 0 aliphatic carbocycles. The molecule has 13 heteroatoms. The Bertz CT molecular complexity index is 1080. The van der Waals surface area contributed by atoms with E-state index < -0.39 is 22.6 Å². The van der Waals surface area contributed by atoms with Crippen molar-refractivity contribution in [2.45, 2.75) is 13.5 Å². The predicted molar refractivity (Wildman–Crippen MR) is 98.1 cm³/mol. The van der Waals surface area contributed by atoms with Crippen molar-refractivity contribution >= 4 is 17.6 Å². The number of hydrogen-bond donors (Lipinski definition) is 2. The van der Waals surface area contributed by atoms with E-state index >= 15 is 0 Å². The van der Waals surface area contributed by atoms with Gasteiger partial charge < -0.3 is 25.3 Å². The summed E-state index contributed by atoms with van der Waals surface area (Å²) >= 11 is 0. The fourth-order valence-corrected chi connectivity index (χ4v) is 2.42. The third kappa shape index (κ3) is 5.01. The summed E-state index contributed by atoms with van der Waals surface area (Å²) in [7, 11) is 0. The quantitative estimate of drug-likeness (QED) is 0.310. The van der Waals surface area contributed by atoms with Crippen LogP contribution >= 0.6 is 0 Å². The average Bonchev–Trinajstić information content (AvgIpc) is 3.33. The molecule has 30 heavy (non-hydrogen) atoms. The molecule has 0 aliphatic heterocycles. The molecule has 0 spiro atoms. The highest BCUT2D eigenvalue weighted by Crippen LogP contribution is 2.12. The van der Waals surface area contributed by atoms with Crippen LogP contribution in [0.4, 0.5) is 10.2 Å². The Morgan fingerprint density at radius 3 is 2.50 bits per heavy atom. The number of aromatic nitrogens is 4. The fraction of sp³-hybridized carbons (Fsp3) is 0.235. The summed E-state index contributed by atoms with van der Waals surface area (Å²) < 4.78 is 19.0. The molecule has 0 bridgehead atoms. The zero-order chi connectivity index (χ0) is 21.7. The van der Waals surface area contributed by atoms with Gasteiger partial charge in [-0.05, 0) is 36.1 Å². The van der Waals surface area contributed by atoms with Crippen LogP contribution in [0.1, 0.15) is 32.6 Å². The minimum atomic E-state index is -0.645. The molecule has 2 amide bonds. The molecule has 2 heterocycles. The lowest BCUT2D eigenvalue weighted by molar-refractivity contribution is -0.389. The van der Waals surface area contributed by atoms with Crippen LogP contribution in [0.15, 0.2) is 34.9 Å². The number of nitrogens with one attached hydrogen (secondary N) is 2. The molecular weight excluding hydrogens is 401 g/mol. The molecule has 0 unspecified atom stereocenters. The Morgan fingerprint density at radius 2 is 1.87 bits per heavy atom. The number of hydrogen-bond acceptors (Lipinski definition) is 8. The van der Waals surface area contributed by atoms with Gasteiger partial charge in [0, 0.05) is 18.7 Å². The van der Waals surface area contributed by atoms with Crippen molar-refractivity contribution in [3.05, 3.63) is 69.2 Å². The molecule has 3 rings (SSSR count). The second-order valence-electron chi connectivity index (χ2n) is 6.09. The normalized spacial score (nSPS) is 10.6. The maximum absolute atomic E-state index is 12.9. The van der Waals surface area contributed by atoms with Gasteiger partial charge in [-0.1, -0.05) is 5.16 Å². The first-order chi connectivity index (χ1) is 14.3. The van der Waals surface area contributed by atoms with Crippen LogP contribution in [0, 0.1) is 22.9 Å². The van der Waals surface area contributed by atoms with Crippen molar-refractivity contribution in [1.82, 2.24) is 30.6 Å². The van der Waals surface area contributed by atoms with Crippen LogP contribution in [-0.4, -0.2) is 49.7 Å². The summed E-state index contributed by atoms with van der Waals surface area (Å²) in [5.74, 6) is -1.99. The van der Waals surface area contributed by atoms with Gasteiger partial charge in [-0.15, -0.1) is 0 Å². The third-order valence-corrected chi connectivity index (χ3v) is 3.91. The molecule has 0 fully saturated rings. The first-order valence-electron chi connectivity index (χ1n) is 8.67. The number of halogens is 1. The largest absolute Gasteiger partial charge is 0.390 e. The Balaban J connectivity index is 1.47. The smallest absolute Gasteiger partial charge is 0.358 e. The molecule has 3 aromatic rings.